The lowest BCUT2D eigenvalue weighted by Gasteiger charge is -2.31. The van der Waals surface area contributed by atoms with Crippen LogP contribution in [0, 0.1) is 0 Å². The molecule has 1 aliphatic rings. The molecular weight excluding hydrogens is 506 g/mol. The van der Waals surface area contributed by atoms with Gasteiger partial charge in [-0.25, -0.2) is 0 Å². The Morgan fingerprint density at radius 3 is 2.39 bits per heavy atom. The highest BCUT2D eigenvalue weighted by atomic mass is 35.5. The van der Waals surface area contributed by atoms with Crippen molar-refractivity contribution in [2.45, 2.75) is 57.7 Å². The zero-order valence-electron chi connectivity index (χ0n) is 18.3. The molecule has 0 unspecified atom stereocenters. The first-order valence-electron chi connectivity index (χ1n) is 10.9. The molecule has 9 heteroatoms. The maximum absolute atomic E-state index is 13.3. The highest BCUT2D eigenvalue weighted by Gasteiger charge is 2.31. The Morgan fingerprint density at radius 2 is 1.76 bits per heavy atom. The van der Waals surface area contributed by atoms with E-state index in [1.807, 2.05) is 6.92 Å². The fourth-order valence-electron chi connectivity index (χ4n) is 3.94. The lowest BCUT2D eigenvalue weighted by molar-refractivity contribution is -0.143. The van der Waals surface area contributed by atoms with Gasteiger partial charge in [0.2, 0.25) is 5.91 Å². The van der Waals surface area contributed by atoms with Gasteiger partial charge in [-0.1, -0.05) is 72.2 Å². The Morgan fingerprint density at radius 1 is 1.03 bits per heavy atom. The van der Waals surface area contributed by atoms with Crippen molar-refractivity contribution in [3.63, 3.8) is 0 Å². The largest absolute Gasteiger partial charge is 0.482 e. The summed E-state index contributed by atoms with van der Waals surface area (Å²) >= 11 is 24.3. The zero-order chi connectivity index (χ0) is 24.0. The summed E-state index contributed by atoms with van der Waals surface area (Å²) in [5.74, 6) is -0.171. The van der Waals surface area contributed by atoms with Gasteiger partial charge >= 0.3 is 0 Å². The third-order valence-corrected chi connectivity index (χ3v) is 6.94. The summed E-state index contributed by atoms with van der Waals surface area (Å²) in [4.78, 5) is 27.9. The van der Waals surface area contributed by atoms with Crippen molar-refractivity contribution in [3.05, 3.63) is 62.1 Å². The van der Waals surface area contributed by atoms with E-state index < -0.39 is 6.04 Å². The van der Waals surface area contributed by atoms with Crippen molar-refractivity contribution in [1.82, 2.24) is 10.2 Å². The first-order valence-corrected chi connectivity index (χ1v) is 12.4. The normalized spacial score (nSPS) is 14.7. The number of rotatable bonds is 9. The number of ether oxygens (including phenoxy) is 1. The molecule has 2 amide bonds. The van der Waals surface area contributed by atoms with E-state index in [2.05, 4.69) is 5.32 Å². The van der Waals surface area contributed by atoms with E-state index >= 15 is 0 Å². The second kappa shape index (κ2) is 12.2. The number of carbonyl (C=O) groups is 2. The Labute approximate surface area is 214 Å². The number of benzene rings is 2. The van der Waals surface area contributed by atoms with E-state index in [0.29, 0.717) is 32.3 Å². The van der Waals surface area contributed by atoms with Crippen molar-refractivity contribution in [2.24, 2.45) is 0 Å². The van der Waals surface area contributed by atoms with Gasteiger partial charge in [0.15, 0.2) is 6.61 Å². The predicted octanol–water partition coefficient (Wildman–Crippen LogP) is 6.55. The number of carbonyl (C=O) groups excluding carboxylic acids is 2. The number of halogens is 4. The minimum absolute atomic E-state index is 0.151. The molecular formula is C24H26Cl4N2O3. The summed E-state index contributed by atoms with van der Waals surface area (Å²) in [5.41, 5.74) is 0.759. The zero-order valence-corrected chi connectivity index (χ0v) is 21.3. The molecule has 0 heterocycles. The third kappa shape index (κ3) is 7.16. The molecule has 1 aliphatic carbocycles. The topological polar surface area (TPSA) is 58.6 Å². The average Bonchev–Trinajstić information content (AvgIpc) is 3.28. The number of hydrogen-bond donors (Lipinski definition) is 1. The van der Waals surface area contributed by atoms with Gasteiger partial charge in [-0.3, -0.25) is 9.59 Å². The number of hydrogen-bond acceptors (Lipinski definition) is 3. The molecule has 5 nitrogen and oxygen atoms in total. The van der Waals surface area contributed by atoms with Crippen LogP contribution in [0.4, 0.5) is 0 Å². The second-order valence-corrected chi connectivity index (χ2v) is 9.71. The van der Waals surface area contributed by atoms with Crippen LogP contribution in [0.3, 0.4) is 0 Å². The minimum atomic E-state index is -0.656. The van der Waals surface area contributed by atoms with Crippen LogP contribution in [0.2, 0.25) is 20.1 Å². The summed E-state index contributed by atoms with van der Waals surface area (Å²) in [7, 11) is 0. The predicted molar refractivity (Wildman–Crippen MR) is 133 cm³/mol. The maximum atomic E-state index is 13.3. The Kier molecular flexibility index (Phi) is 9.57. The van der Waals surface area contributed by atoms with Crippen LogP contribution in [0.15, 0.2) is 36.4 Å². The molecule has 178 valence electrons. The molecule has 1 fully saturated rings. The van der Waals surface area contributed by atoms with Gasteiger partial charge in [0.25, 0.3) is 5.91 Å². The molecule has 0 aliphatic heterocycles. The van der Waals surface area contributed by atoms with Gasteiger partial charge < -0.3 is 15.0 Å². The van der Waals surface area contributed by atoms with E-state index in [1.54, 1.807) is 36.4 Å². The average molecular weight is 532 g/mol. The summed E-state index contributed by atoms with van der Waals surface area (Å²) in [6.07, 6.45) is 4.57. The minimum Gasteiger partial charge on any atom is -0.482 e. The molecule has 0 radical (unpaired) electrons. The van der Waals surface area contributed by atoms with E-state index in [9.17, 15) is 9.59 Å². The standard InChI is InChI=1S/C24H26Cl4N2O3/c1-2-21(24(32)29-17-5-3-4-6-17)30(13-15-7-9-18(26)19(27)11-15)23(31)14-33-22-10-8-16(25)12-20(22)28/h7-12,17,21H,2-6,13-14H2,1H3,(H,29,32)/t21-/m0/s1. The lowest BCUT2D eigenvalue weighted by Crippen LogP contribution is -2.52. The Bertz CT molecular complexity index is 996. The lowest BCUT2D eigenvalue weighted by atomic mass is 10.1. The fraction of sp³-hybridized carbons (Fsp3) is 0.417. The van der Waals surface area contributed by atoms with Gasteiger partial charge in [0, 0.05) is 17.6 Å². The molecule has 2 aromatic rings. The van der Waals surface area contributed by atoms with Crippen LogP contribution in [-0.2, 0) is 16.1 Å². The van der Waals surface area contributed by atoms with Crippen LogP contribution in [0.1, 0.15) is 44.6 Å². The van der Waals surface area contributed by atoms with Crippen molar-refractivity contribution < 1.29 is 14.3 Å². The first kappa shape index (κ1) is 26.0. The second-order valence-electron chi connectivity index (χ2n) is 8.05. The van der Waals surface area contributed by atoms with Crippen molar-refractivity contribution >= 4 is 58.2 Å². The van der Waals surface area contributed by atoms with Crippen LogP contribution in [-0.4, -0.2) is 35.4 Å². The molecule has 0 bridgehead atoms. The molecule has 1 saturated carbocycles. The van der Waals surface area contributed by atoms with Gasteiger partial charge in [-0.05, 0) is 55.2 Å². The smallest absolute Gasteiger partial charge is 0.261 e. The van der Waals surface area contributed by atoms with Gasteiger partial charge in [-0.2, -0.15) is 0 Å². The van der Waals surface area contributed by atoms with E-state index in [1.165, 1.54) is 4.90 Å². The van der Waals surface area contributed by atoms with E-state index in [4.69, 9.17) is 51.1 Å². The molecule has 0 aromatic heterocycles. The molecule has 2 aromatic carbocycles. The van der Waals surface area contributed by atoms with Crippen LogP contribution in [0.25, 0.3) is 0 Å². The molecule has 0 spiro atoms. The molecule has 33 heavy (non-hydrogen) atoms. The SMILES string of the molecule is CC[C@@H](C(=O)NC1CCCC1)N(Cc1ccc(Cl)c(Cl)c1)C(=O)COc1ccc(Cl)cc1Cl. The monoisotopic (exact) mass is 530 g/mol. The molecule has 1 N–H and O–H groups in total. The first-order chi connectivity index (χ1) is 15.8. The quantitative estimate of drug-likeness (QED) is 0.399. The fourth-order valence-corrected chi connectivity index (χ4v) is 4.72. The van der Waals surface area contributed by atoms with Gasteiger partial charge in [-0.15, -0.1) is 0 Å². The number of nitrogens with one attached hydrogen (secondary N) is 1. The summed E-state index contributed by atoms with van der Waals surface area (Å²) in [5, 5.41) is 4.68. The van der Waals surface area contributed by atoms with Crippen LogP contribution >= 0.6 is 46.4 Å². The van der Waals surface area contributed by atoms with Crippen molar-refractivity contribution in [1.29, 1.82) is 0 Å². The van der Waals surface area contributed by atoms with Gasteiger partial charge in [0.1, 0.15) is 11.8 Å². The Balaban J connectivity index is 1.79. The van der Waals surface area contributed by atoms with Crippen LogP contribution < -0.4 is 10.1 Å². The van der Waals surface area contributed by atoms with Crippen LogP contribution in [0.5, 0.6) is 5.75 Å². The van der Waals surface area contributed by atoms with Crippen molar-refractivity contribution in [2.75, 3.05) is 6.61 Å². The number of nitrogens with zero attached hydrogens (tertiary/aromatic N) is 1. The molecule has 1 atom stereocenters. The number of amides is 2. The Hall–Kier alpha value is -1.66. The highest BCUT2D eigenvalue weighted by Crippen LogP contribution is 2.28. The van der Waals surface area contributed by atoms with Crippen molar-refractivity contribution in [3.8, 4) is 5.75 Å². The third-order valence-electron chi connectivity index (χ3n) is 5.67. The van der Waals surface area contributed by atoms with Gasteiger partial charge in [0.05, 0.1) is 15.1 Å². The van der Waals surface area contributed by atoms with E-state index in [-0.39, 0.29) is 31.0 Å². The molecule has 0 saturated heterocycles. The summed E-state index contributed by atoms with van der Waals surface area (Å²) in [6, 6.07) is 9.42. The highest BCUT2D eigenvalue weighted by molar-refractivity contribution is 6.42. The maximum Gasteiger partial charge on any atom is 0.261 e. The summed E-state index contributed by atoms with van der Waals surface area (Å²) in [6.45, 7) is 1.78. The summed E-state index contributed by atoms with van der Waals surface area (Å²) < 4.78 is 5.66. The molecule has 3 rings (SSSR count). The van der Waals surface area contributed by atoms with E-state index in [0.717, 1.165) is 31.2 Å².